The van der Waals surface area contributed by atoms with E-state index in [1.807, 2.05) is 0 Å². The summed E-state index contributed by atoms with van der Waals surface area (Å²) in [5, 5.41) is 18.5. The zero-order valence-electron chi connectivity index (χ0n) is 10.9. The van der Waals surface area contributed by atoms with Crippen molar-refractivity contribution in [2.45, 2.75) is 33.3 Å². The lowest BCUT2D eigenvalue weighted by Gasteiger charge is -2.15. The van der Waals surface area contributed by atoms with Crippen molar-refractivity contribution in [2.75, 3.05) is 19.8 Å². The molecule has 6 heteroatoms. The monoisotopic (exact) mass is 260 g/mol. The number of hydrogen-bond acceptors (Lipinski definition) is 6. The average Bonchev–Trinajstić information content (AvgIpc) is 2.30. The summed E-state index contributed by atoms with van der Waals surface area (Å²) in [7, 11) is 0. The molecule has 1 atom stereocenters. The topological polar surface area (TPSA) is 93.1 Å². The molecule has 0 aliphatic carbocycles. The highest BCUT2D eigenvalue weighted by molar-refractivity contribution is 6.00. The van der Waals surface area contributed by atoms with Crippen LogP contribution in [0.3, 0.4) is 0 Å². The van der Waals surface area contributed by atoms with E-state index < -0.39 is 18.0 Å². The minimum absolute atomic E-state index is 0.00347. The Kier molecular flexibility index (Phi) is 7.98. The Morgan fingerprint density at radius 2 is 1.61 bits per heavy atom. The zero-order valence-corrected chi connectivity index (χ0v) is 10.9. The number of aliphatic hydroxyl groups excluding tert-OH is 2. The summed E-state index contributed by atoms with van der Waals surface area (Å²) in [5.41, 5.74) is -0.166. The van der Waals surface area contributed by atoms with Gasteiger partial charge in [0.2, 0.25) is 0 Å². The summed E-state index contributed by atoms with van der Waals surface area (Å²) < 4.78 is 9.54. The van der Waals surface area contributed by atoms with Crippen molar-refractivity contribution < 1.29 is 29.3 Å². The summed E-state index contributed by atoms with van der Waals surface area (Å²) in [6.07, 6.45) is -1.30. The first-order chi connectivity index (χ1) is 8.49. The van der Waals surface area contributed by atoms with Gasteiger partial charge < -0.3 is 19.7 Å². The van der Waals surface area contributed by atoms with E-state index in [1.54, 1.807) is 13.8 Å². The molecular weight excluding hydrogens is 240 g/mol. The number of carbonyl (C=O) groups excluding carboxylic acids is 2. The van der Waals surface area contributed by atoms with Gasteiger partial charge >= 0.3 is 11.9 Å². The fourth-order valence-electron chi connectivity index (χ4n) is 1.36. The number of rotatable bonds is 7. The van der Waals surface area contributed by atoms with E-state index >= 15 is 0 Å². The number of aliphatic hydroxyl groups is 2. The van der Waals surface area contributed by atoms with Gasteiger partial charge in [-0.05, 0) is 20.8 Å². The molecule has 18 heavy (non-hydrogen) atoms. The first-order valence-corrected chi connectivity index (χ1v) is 5.83. The molecule has 2 N–H and O–H groups in total. The Bertz CT molecular complexity index is 321. The Labute approximate surface area is 106 Å². The molecule has 0 spiro atoms. The third-order valence-electron chi connectivity index (χ3n) is 2.22. The molecule has 0 amide bonds. The average molecular weight is 260 g/mol. The lowest BCUT2D eigenvalue weighted by molar-refractivity contribution is -0.142. The molecule has 0 aromatic heterocycles. The zero-order chi connectivity index (χ0) is 14.1. The van der Waals surface area contributed by atoms with E-state index in [9.17, 15) is 14.7 Å². The van der Waals surface area contributed by atoms with Gasteiger partial charge in [-0.3, -0.25) is 0 Å². The highest BCUT2D eigenvalue weighted by atomic mass is 16.5. The first kappa shape index (κ1) is 16.6. The minimum Gasteiger partial charge on any atom is -0.463 e. The third-order valence-corrected chi connectivity index (χ3v) is 2.22. The van der Waals surface area contributed by atoms with Crippen molar-refractivity contribution in [3.63, 3.8) is 0 Å². The molecule has 0 bridgehead atoms. The fourth-order valence-corrected chi connectivity index (χ4v) is 1.36. The minimum atomic E-state index is -1.25. The van der Waals surface area contributed by atoms with Gasteiger partial charge in [-0.1, -0.05) is 0 Å². The summed E-state index contributed by atoms with van der Waals surface area (Å²) in [5.74, 6) is -1.46. The highest BCUT2D eigenvalue weighted by Crippen LogP contribution is 2.15. The second-order valence-corrected chi connectivity index (χ2v) is 3.51. The van der Waals surface area contributed by atoms with E-state index in [0.717, 1.165) is 0 Å². The molecule has 0 radical (unpaired) electrons. The standard InChI is InChI=1S/C12H20O6/c1-4-17-11(15)8(3)10(9(14)6-7-13)12(16)18-5-2/h9,13-14H,4-7H2,1-3H3/b10-8-/t9-/m1/s1. The Hall–Kier alpha value is -1.40. The van der Waals surface area contributed by atoms with E-state index in [0.29, 0.717) is 0 Å². The van der Waals surface area contributed by atoms with Crippen LogP contribution in [0.4, 0.5) is 0 Å². The molecule has 0 heterocycles. The Morgan fingerprint density at radius 1 is 1.11 bits per heavy atom. The molecule has 0 aromatic rings. The molecular formula is C12H20O6. The summed E-state index contributed by atoms with van der Waals surface area (Å²) in [6, 6.07) is 0. The van der Waals surface area contributed by atoms with Crippen LogP contribution in [-0.4, -0.2) is 48.1 Å². The van der Waals surface area contributed by atoms with Gasteiger partial charge in [0.05, 0.1) is 24.9 Å². The lowest BCUT2D eigenvalue weighted by atomic mass is 10.0. The predicted molar refractivity (Wildman–Crippen MR) is 63.7 cm³/mol. The Balaban J connectivity index is 5.22. The van der Waals surface area contributed by atoms with Crippen molar-refractivity contribution in [3.05, 3.63) is 11.1 Å². The van der Waals surface area contributed by atoms with Gasteiger partial charge in [-0.2, -0.15) is 0 Å². The molecule has 0 aliphatic rings. The predicted octanol–water partition coefficient (Wildman–Crippen LogP) is 0.172. The number of hydrogen-bond donors (Lipinski definition) is 2. The molecule has 0 aliphatic heterocycles. The number of ether oxygens (including phenoxy) is 2. The molecule has 0 saturated carbocycles. The molecule has 6 nitrogen and oxygen atoms in total. The largest absolute Gasteiger partial charge is 0.463 e. The van der Waals surface area contributed by atoms with Crippen LogP contribution >= 0.6 is 0 Å². The maximum atomic E-state index is 11.7. The van der Waals surface area contributed by atoms with Crippen molar-refractivity contribution >= 4 is 11.9 Å². The number of esters is 2. The molecule has 104 valence electrons. The summed E-state index contributed by atoms with van der Waals surface area (Å²) in [6.45, 7) is 4.63. The Morgan fingerprint density at radius 3 is 2.06 bits per heavy atom. The molecule has 0 fully saturated rings. The summed E-state index contributed by atoms with van der Waals surface area (Å²) in [4.78, 5) is 23.2. The van der Waals surface area contributed by atoms with Crippen molar-refractivity contribution in [3.8, 4) is 0 Å². The second kappa shape index (κ2) is 8.66. The van der Waals surface area contributed by atoms with Crippen molar-refractivity contribution in [1.82, 2.24) is 0 Å². The molecule has 0 aromatic carbocycles. The van der Waals surface area contributed by atoms with Crippen LogP contribution in [0.2, 0.25) is 0 Å². The van der Waals surface area contributed by atoms with Crippen LogP contribution in [0, 0.1) is 0 Å². The van der Waals surface area contributed by atoms with Crippen molar-refractivity contribution in [2.24, 2.45) is 0 Å². The van der Waals surface area contributed by atoms with E-state index in [1.165, 1.54) is 6.92 Å². The van der Waals surface area contributed by atoms with Gasteiger partial charge in [0.15, 0.2) is 0 Å². The van der Waals surface area contributed by atoms with Crippen LogP contribution < -0.4 is 0 Å². The van der Waals surface area contributed by atoms with Gasteiger partial charge in [0, 0.05) is 18.6 Å². The lowest BCUT2D eigenvalue weighted by Crippen LogP contribution is -2.25. The smallest absolute Gasteiger partial charge is 0.337 e. The van der Waals surface area contributed by atoms with Gasteiger partial charge in [0.25, 0.3) is 0 Å². The van der Waals surface area contributed by atoms with E-state index in [-0.39, 0.29) is 37.4 Å². The van der Waals surface area contributed by atoms with Crippen LogP contribution in [-0.2, 0) is 19.1 Å². The SMILES string of the molecule is CCOC(=O)/C(C)=C(\C(=O)OCC)[C@H](O)CCO. The third kappa shape index (κ3) is 4.85. The second-order valence-electron chi connectivity index (χ2n) is 3.51. The summed E-state index contributed by atoms with van der Waals surface area (Å²) >= 11 is 0. The van der Waals surface area contributed by atoms with Crippen molar-refractivity contribution in [1.29, 1.82) is 0 Å². The van der Waals surface area contributed by atoms with Crippen LogP contribution in [0.15, 0.2) is 11.1 Å². The van der Waals surface area contributed by atoms with E-state index in [2.05, 4.69) is 0 Å². The maximum absolute atomic E-state index is 11.7. The van der Waals surface area contributed by atoms with E-state index in [4.69, 9.17) is 14.6 Å². The van der Waals surface area contributed by atoms with Crippen LogP contribution in [0.25, 0.3) is 0 Å². The van der Waals surface area contributed by atoms with Gasteiger partial charge in [-0.25, -0.2) is 9.59 Å². The van der Waals surface area contributed by atoms with Crippen LogP contribution in [0.5, 0.6) is 0 Å². The van der Waals surface area contributed by atoms with Crippen LogP contribution in [0.1, 0.15) is 27.2 Å². The molecule has 0 rings (SSSR count). The maximum Gasteiger partial charge on any atom is 0.337 e. The van der Waals surface area contributed by atoms with Gasteiger partial charge in [-0.15, -0.1) is 0 Å². The first-order valence-electron chi connectivity index (χ1n) is 5.83. The normalized spacial score (nSPS) is 13.6. The fraction of sp³-hybridized carbons (Fsp3) is 0.667. The molecule has 0 saturated heterocycles. The number of carbonyl (C=O) groups is 2. The quantitative estimate of drug-likeness (QED) is 0.501. The highest BCUT2D eigenvalue weighted by Gasteiger charge is 2.26. The van der Waals surface area contributed by atoms with Gasteiger partial charge in [0.1, 0.15) is 0 Å². The molecule has 0 unspecified atom stereocenters.